The van der Waals surface area contributed by atoms with Gasteiger partial charge in [0.25, 0.3) is 5.91 Å². The number of nitrogens with one attached hydrogen (secondary N) is 1. The molecule has 1 aromatic carbocycles. The number of carbonyl (C=O) groups excluding carboxylic acids is 1. The molecule has 3 N–H and O–H groups in total. The van der Waals surface area contributed by atoms with Gasteiger partial charge in [-0.3, -0.25) is 4.79 Å². The number of anilines is 1. The van der Waals surface area contributed by atoms with E-state index in [4.69, 9.17) is 10.4 Å². The molecule has 2 aromatic rings. The van der Waals surface area contributed by atoms with Gasteiger partial charge < -0.3 is 5.32 Å². The van der Waals surface area contributed by atoms with Crippen LogP contribution in [0.4, 0.5) is 5.69 Å². The van der Waals surface area contributed by atoms with Crippen molar-refractivity contribution in [3.05, 3.63) is 50.6 Å². The zero-order chi connectivity index (χ0) is 17.0. The lowest BCUT2D eigenvalue weighted by Gasteiger charge is -2.05. The number of hydrogen-bond donors (Lipinski definition) is 2. The van der Waals surface area contributed by atoms with Gasteiger partial charge in [0.1, 0.15) is 11.6 Å². The number of primary sulfonamides is 1. The number of nitrogens with two attached hydrogens (primary N) is 1. The Kier molecular flexibility index (Phi) is 5.33. The maximum atomic E-state index is 12.1. The molecule has 0 radical (unpaired) electrons. The van der Waals surface area contributed by atoms with Crippen molar-refractivity contribution in [3.8, 4) is 6.07 Å². The number of hydrogen-bond acceptors (Lipinski definition) is 5. The van der Waals surface area contributed by atoms with E-state index in [-0.39, 0.29) is 10.5 Å². The van der Waals surface area contributed by atoms with Crippen LogP contribution < -0.4 is 10.5 Å². The Morgan fingerprint density at radius 3 is 2.39 bits per heavy atom. The van der Waals surface area contributed by atoms with Crippen LogP contribution in [0, 0.1) is 11.3 Å². The van der Waals surface area contributed by atoms with E-state index in [1.807, 2.05) is 12.1 Å². The molecule has 0 aliphatic heterocycles. The highest BCUT2D eigenvalue weighted by molar-refractivity contribution is 9.11. The van der Waals surface area contributed by atoms with Gasteiger partial charge in [0.2, 0.25) is 10.0 Å². The normalized spacial score (nSPS) is 11.8. The summed E-state index contributed by atoms with van der Waals surface area (Å²) in [5.74, 6) is -0.583. The van der Waals surface area contributed by atoms with Crippen LogP contribution >= 0.6 is 27.3 Å². The summed E-state index contributed by atoms with van der Waals surface area (Å²) >= 11 is 4.69. The minimum atomic E-state index is -3.79. The van der Waals surface area contributed by atoms with Crippen molar-refractivity contribution in [1.29, 1.82) is 5.26 Å². The third-order valence-corrected chi connectivity index (χ3v) is 5.19. The first kappa shape index (κ1) is 17.4. The molecular weight excluding hydrogens is 402 g/mol. The predicted molar refractivity (Wildman–Crippen MR) is 92.1 cm³/mol. The van der Waals surface area contributed by atoms with Crippen LogP contribution in [0.15, 0.2) is 50.7 Å². The van der Waals surface area contributed by atoms with Crippen molar-refractivity contribution in [1.82, 2.24) is 0 Å². The van der Waals surface area contributed by atoms with Gasteiger partial charge in [0.05, 0.1) is 8.68 Å². The first-order valence-corrected chi connectivity index (χ1v) is 9.26. The summed E-state index contributed by atoms with van der Waals surface area (Å²) < 4.78 is 23.2. The molecule has 0 bridgehead atoms. The van der Waals surface area contributed by atoms with Crippen LogP contribution in [-0.2, 0) is 14.8 Å². The summed E-state index contributed by atoms with van der Waals surface area (Å²) in [6, 6.07) is 10.8. The molecule has 0 aliphatic carbocycles. The second-order valence-corrected chi connectivity index (χ2v) is 8.39. The summed E-state index contributed by atoms with van der Waals surface area (Å²) in [5.41, 5.74) is 0.297. The van der Waals surface area contributed by atoms with E-state index >= 15 is 0 Å². The maximum absolute atomic E-state index is 12.1. The number of sulfonamides is 1. The maximum Gasteiger partial charge on any atom is 0.266 e. The van der Waals surface area contributed by atoms with E-state index in [9.17, 15) is 13.2 Å². The van der Waals surface area contributed by atoms with Crippen LogP contribution in [0.1, 0.15) is 4.88 Å². The molecule has 2 rings (SSSR count). The third-order valence-electron chi connectivity index (χ3n) is 2.69. The van der Waals surface area contributed by atoms with Gasteiger partial charge in [-0.15, -0.1) is 11.3 Å². The first-order valence-electron chi connectivity index (χ1n) is 6.11. The number of rotatable bonds is 4. The zero-order valence-corrected chi connectivity index (χ0v) is 14.7. The highest BCUT2D eigenvalue weighted by atomic mass is 79.9. The smallest absolute Gasteiger partial charge is 0.266 e. The molecule has 0 atom stereocenters. The number of benzene rings is 1. The van der Waals surface area contributed by atoms with Gasteiger partial charge in [-0.05, 0) is 58.4 Å². The molecule has 6 nitrogen and oxygen atoms in total. The fraction of sp³-hybridized carbons (Fsp3) is 0. The average Bonchev–Trinajstić information content (AvgIpc) is 2.89. The topological polar surface area (TPSA) is 113 Å². The van der Waals surface area contributed by atoms with Crippen molar-refractivity contribution in [3.63, 3.8) is 0 Å². The molecule has 1 heterocycles. The summed E-state index contributed by atoms with van der Waals surface area (Å²) in [5, 5.41) is 16.6. The van der Waals surface area contributed by atoms with Gasteiger partial charge in [-0.1, -0.05) is 0 Å². The van der Waals surface area contributed by atoms with Gasteiger partial charge in [-0.2, -0.15) is 5.26 Å². The molecule has 0 saturated heterocycles. The fourth-order valence-corrected chi connectivity index (χ4v) is 3.51. The number of nitriles is 1. The molecule has 0 unspecified atom stereocenters. The number of amides is 1. The van der Waals surface area contributed by atoms with Crippen molar-refractivity contribution < 1.29 is 13.2 Å². The van der Waals surface area contributed by atoms with E-state index in [0.717, 1.165) is 8.66 Å². The molecule has 118 valence electrons. The molecule has 0 fully saturated rings. The minimum Gasteiger partial charge on any atom is -0.321 e. The van der Waals surface area contributed by atoms with Gasteiger partial charge in [0, 0.05) is 10.6 Å². The summed E-state index contributed by atoms with van der Waals surface area (Å²) in [6.07, 6.45) is 1.48. The predicted octanol–water partition coefficient (Wildman–Crippen LogP) is 2.70. The Morgan fingerprint density at radius 1 is 1.26 bits per heavy atom. The van der Waals surface area contributed by atoms with Crippen LogP contribution in [0.3, 0.4) is 0 Å². The number of nitrogens with zero attached hydrogens (tertiary/aromatic N) is 1. The van der Waals surface area contributed by atoms with E-state index in [2.05, 4.69) is 21.2 Å². The SMILES string of the molecule is N#C/C(=C\c1ccc(Br)s1)C(=O)Nc1ccc(S(N)(=O)=O)cc1. The zero-order valence-electron chi connectivity index (χ0n) is 11.5. The standard InChI is InChI=1S/C14H10BrN3O3S2/c15-13-6-3-11(22-13)7-9(8-16)14(19)18-10-1-4-12(5-2-10)23(17,20)21/h1-7H,(H,18,19)(H2,17,20,21)/b9-7+. The monoisotopic (exact) mass is 411 g/mol. The summed E-state index contributed by atoms with van der Waals surface area (Å²) in [6.45, 7) is 0. The molecule has 1 amide bonds. The molecule has 1 aromatic heterocycles. The van der Waals surface area contributed by atoms with Gasteiger partial charge in [-0.25, -0.2) is 13.6 Å². The highest BCUT2D eigenvalue weighted by Crippen LogP contribution is 2.24. The Bertz CT molecular complexity index is 909. The van der Waals surface area contributed by atoms with Gasteiger partial charge in [0.15, 0.2) is 0 Å². The van der Waals surface area contributed by atoms with Crippen molar-refractivity contribution in [2.75, 3.05) is 5.32 Å². The molecule has 23 heavy (non-hydrogen) atoms. The van der Waals surface area contributed by atoms with E-state index in [0.29, 0.717) is 5.69 Å². The van der Waals surface area contributed by atoms with E-state index < -0.39 is 15.9 Å². The molecule has 0 spiro atoms. The van der Waals surface area contributed by atoms with Crippen LogP contribution in [-0.4, -0.2) is 14.3 Å². The van der Waals surface area contributed by atoms with E-state index in [1.165, 1.54) is 41.7 Å². The second kappa shape index (κ2) is 7.06. The fourth-order valence-electron chi connectivity index (χ4n) is 1.62. The van der Waals surface area contributed by atoms with Crippen molar-refractivity contribution >= 4 is 55.0 Å². The number of thiophene rings is 1. The molecule has 9 heteroatoms. The quantitative estimate of drug-likeness (QED) is 0.594. The molecule has 0 aliphatic rings. The Morgan fingerprint density at radius 2 is 1.91 bits per heavy atom. The van der Waals surface area contributed by atoms with Crippen molar-refractivity contribution in [2.45, 2.75) is 4.90 Å². The average molecular weight is 412 g/mol. The van der Waals surface area contributed by atoms with Crippen LogP contribution in [0.2, 0.25) is 0 Å². The van der Waals surface area contributed by atoms with Crippen LogP contribution in [0.5, 0.6) is 0 Å². The van der Waals surface area contributed by atoms with Crippen molar-refractivity contribution in [2.24, 2.45) is 5.14 Å². The molecular formula is C14H10BrN3O3S2. The molecule has 0 saturated carbocycles. The Balaban J connectivity index is 2.17. The lowest BCUT2D eigenvalue weighted by Crippen LogP contribution is -2.14. The second-order valence-electron chi connectivity index (χ2n) is 4.34. The lowest BCUT2D eigenvalue weighted by atomic mass is 10.2. The Labute approximate surface area is 145 Å². The largest absolute Gasteiger partial charge is 0.321 e. The third kappa shape index (κ3) is 4.74. The number of carbonyl (C=O) groups is 1. The number of halogens is 1. The van der Waals surface area contributed by atoms with E-state index in [1.54, 1.807) is 6.07 Å². The summed E-state index contributed by atoms with van der Waals surface area (Å²) in [4.78, 5) is 12.8. The highest BCUT2D eigenvalue weighted by Gasteiger charge is 2.12. The van der Waals surface area contributed by atoms with Gasteiger partial charge >= 0.3 is 0 Å². The Hall–Kier alpha value is -1.99. The van der Waals surface area contributed by atoms with Crippen LogP contribution in [0.25, 0.3) is 6.08 Å². The summed E-state index contributed by atoms with van der Waals surface area (Å²) in [7, 11) is -3.79. The lowest BCUT2D eigenvalue weighted by molar-refractivity contribution is -0.112. The first-order chi connectivity index (χ1) is 10.8. The minimum absolute atomic E-state index is 0.0602.